The van der Waals surface area contributed by atoms with Crippen LogP contribution in [0.4, 0.5) is 0 Å². The number of hydrogen-bond acceptors (Lipinski definition) is 4. The predicted octanol–water partition coefficient (Wildman–Crippen LogP) is 1.02. The number of aromatic amines is 1. The predicted molar refractivity (Wildman–Crippen MR) is 56.4 cm³/mol. The van der Waals surface area contributed by atoms with Crippen LogP contribution in [-0.4, -0.2) is 35.2 Å². The van der Waals surface area contributed by atoms with Crippen LogP contribution in [0.3, 0.4) is 0 Å². The standard InChI is InChI=1S/C10H18N4O/c1-11-9(10-7-12-14-13-10)5-4-8-3-2-6-15-8/h7-9,11H,2-6H2,1H3,(H,12,13,14). The Morgan fingerprint density at radius 1 is 1.73 bits per heavy atom. The topological polar surface area (TPSA) is 62.8 Å². The number of nitrogens with one attached hydrogen (secondary N) is 2. The third kappa shape index (κ3) is 2.76. The smallest absolute Gasteiger partial charge is 0.0993 e. The van der Waals surface area contributed by atoms with Crippen molar-refractivity contribution < 1.29 is 4.74 Å². The summed E-state index contributed by atoms with van der Waals surface area (Å²) in [5.74, 6) is 0. The maximum absolute atomic E-state index is 5.59. The summed E-state index contributed by atoms with van der Waals surface area (Å²) in [6.07, 6.45) is 6.78. The van der Waals surface area contributed by atoms with Crippen LogP contribution in [0.2, 0.25) is 0 Å². The third-order valence-corrected chi connectivity index (χ3v) is 2.94. The highest BCUT2D eigenvalue weighted by Gasteiger charge is 2.19. The maximum atomic E-state index is 5.59. The van der Waals surface area contributed by atoms with Crippen molar-refractivity contribution in [3.8, 4) is 0 Å². The summed E-state index contributed by atoms with van der Waals surface area (Å²) >= 11 is 0. The molecule has 1 aromatic heterocycles. The Labute approximate surface area is 89.6 Å². The Balaban J connectivity index is 1.80. The van der Waals surface area contributed by atoms with Gasteiger partial charge in [-0.15, -0.1) is 0 Å². The van der Waals surface area contributed by atoms with Gasteiger partial charge in [0, 0.05) is 6.61 Å². The van der Waals surface area contributed by atoms with Gasteiger partial charge >= 0.3 is 0 Å². The number of rotatable bonds is 5. The molecule has 0 saturated carbocycles. The van der Waals surface area contributed by atoms with Crippen LogP contribution in [0, 0.1) is 0 Å². The van der Waals surface area contributed by atoms with E-state index in [1.165, 1.54) is 12.8 Å². The molecule has 2 N–H and O–H groups in total. The van der Waals surface area contributed by atoms with Gasteiger partial charge in [-0.3, -0.25) is 0 Å². The Kier molecular flexibility index (Phi) is 3.69. The number of nitrogens with zero attached hydrogens (tertiary/aromatic N) is 2. The zero-order chi connectivity index (χ0) is 10.5. The molecule has 2 rings (SSSR count). The fraction of sp³-hybridized carbons (Fsp3) is 0.800. The Bertz CT molecular complexity index is 269. The quantitative estimate of drug-likeness (QED) is 0.761. The van der Waals surface area contributed by atoms with Crippen molar-refractivity contribution in [2.24, 2.45) is 0 Å². The molecule has 1 saturated heterocycles. The first-order valence-corrected chi connectivity index (χ1v) is 5.54. The average molecular weight is 210 g/mol. The summed E-state index contributed by atoms with van der Waals surface area (Å²) in [5.41, 5.74) is 0.982. The van der Waals surface area contributed by atoms with E-state index in [9.17, 15) is 0 Å². The molecule has 2 unspecified atom stereocenters. The van der Waals surface area contributed by atoms with Crippen molar-refractivity contribution in [3.05, 3.63) is 11.9 Å². The summed E-state index contributed by atoms with van der Waals surface area (Å²) in [4.78, 5) is 0. The molecule has 0 radical (unpaired) electrons. The van der Waals surface area contributed by atoms with Gasteiger partial charge in [-0.1, -0.05) is 0 Å². The minimum absolute atomic E-state index is 0.285. The molecule has 0 spiro atoms. The van der Waals surface area contributed by atoms with E-state index >= 15 is 0 Å². The van der Waals surface area contributed by atoms with Gasteiger partial charge in [0.15, 0.2) is 0 Å². The van der Waals surface area contributed by atoms with Gasteiger partial charge in [-0.2, -0.15) is 15.4 Å². The van der Waals surface area contributed by atoms with Gasteiger partial charge in [0.05, 0.1) is 24.0 Å². The summed E-state index contributed by atoms with van der Waals surface area (Å²) in [7, 11) is 1.95. The van der Waals surface area contributed by atoms with Gasteiger partial charge in [0.2, 0.25) is 0 Å². The third-order valence-electron chi connectivity index (χ3n) is 2.94. The normalized spacial score (nSPS) is 23.1. The van der Waals surface area contributed by atoms with Crippen molar-refractivity contribution in [1.82, 2.24) is 20.7 Å². The minimum Gasteiger partial charge on any atom is -0.378 e. The molecule has 2 heterocycles. The van der Waals surface area contributed by atoms with E-state index < -0.39 is 0 Å². The lowest BCUT2D eigenvalue weighted by Crippen LogP contribution is -2.19. The highest BCUT2D eigenvalue weighted by atomic mass is 16.5. The first kappa shape index (κ1) is 10.6. The Morgan fingerprint density at radius 3 is 3.27 bits per heavy atom. The van der Waals surface area contributed by atoms with Crippen molar-refractivity contribution >= 4 is 0 Å². The molecule has 0 bridgehead atoms. The van der Waals surface area contributed by atoms with E-state index in [0.717, 1.165) is 25.1 Å². The summed E-state index contributed by atoms with van der Waals surface area (Å²) in [5, 5.41) is 13.8. The average Bonchev–Trinajstić information content (AvgIpc) is 2.90. The molecule has 15 heavy (non-hydrogen) atoms. The number of aromatic nitrogens is 3. The Morgan fingerprint density at radius 2 is 2.67 bits per heavy atom. The summed E-state index contributed by atoms with van der Waals surface area (Å²) < 4.78 is 5.59. The van der Waals surface area contributed by atoms with E-state index in [1.54, 1.807) is 6.20 Å². The monoisotopic (exact) mass is 210 g/mol. The van der Waals surface area contributed by atoms with E-state index in [0.29, 0.717) is 6.10 Å². The lowest BCUT2D eigenvalue weighted by atomic mass is 10.0. The molecule has 1 fully saturated rings. The first-order valence-electron chi connectivity index (χ1n) is 5.54. The summed E-state index contributed by atoms with van der Waals surface area (Å²) in [6.45, 7) is 0.929. The zero-order valence-electron chi connectivity index (χ0n) is 9.07. The van der Waals surface area contributed by atoms with Crippen LogP contribution in [0.25, 0.3) is 0 Å². The van der Waals surface area contributed by atoms with Gasteiger partial charge in [0.25, 0.3) is 0 Å². The van der Waals surface area contributed by atoms with Crippen molar-refractivity contribution in [3.63, 3.8) is 0 Å². The maximum Gasteiger partial charge on any atom is 0.0993 e. The van der Waals surface area contributed by atoms with Gasteiger partial charge in [-0.05, 0) is 32.7 Å². The van der Waals surface area contributed by atoms with E-state index in [1.807, 2.05) is 7.05 Å². The van der Waals surface area contributed by atoms with Crippen molar-refractivity contribution in [2.45, 2.75) is 37.8 Å². The zero-order valence-corrected chi connectivity index (χ0v) is 9.07. The lowest BCUT2D eigenvalue weighted by Gasteiger charge is -2.15. The second kappa shape index (κ2) is 5.23. The number of ether oxygens (including phenoxy) is 1. The number of H-pyrrole nitrogens is 1. The molecule has 5 nitrogen and oxygen atoms in total. The summed E-state index contributed by atoms with van der Waals surface area (Å²) in [6, 6.07) is 0.285. The second-order valence-electron chi connectivity index (χ2n) is 3.95. The lowest BCUT2D eigenvalue weighted by molar-refractivity contribution is 0.0997. The van der Waals surface area contributed by atoms with E-state index in [4.69, 9.17) is 4.74 Å². The van der Waals surface area contributed by atoms with Crippen LogP contribution < -0.4 is 5.32 Å². The molecule has 1 aliphatic rings. The van der Waals surface area contributed by atoms with Crippen LogP contribution in [0.15, 0.2) is 6.20 Å². The van der Waals surface area contributed by atoms with Crippen LogP contribution >= 0.6 is 0 Å². The molecule has 0 aromatic carbocycles. The molecule has 0 amide bonds. The molecule has 5 heteroatoms. The van der Waals surface area contributed by atoms with Crippen LogP contribution in [-0.2, 0) is 4.74 Å². The highest BCUT2D eigenvalue weighted by molar-refractivity contribution is 4.99. The van der Waals surface area contributed by atoms with Gasteiger partial charge in [-0.25, -0.2) is 0 Å². The number of hydrogen-bond donors (Lipinski definition) is 2. The first-order chi connectivity index (χ1) is 7.40. The van der Waals surface area contributed by atoms with Crippen LogP contribution in [0.5, 0.6) is 0 Å². The van der Waals surface area contributed by atoms with Crippen molar-refractivity contribution in [2.75, 3.05) is 13.7 Å². The SMILES string of the molecule is CNC(CCC1CCCO1)c1cn[nH]n1. The fourth-order valence-electron chi connectivity index (χ4n) is 2.04. The molecule has 1 aliphatic heterocycles. The molecule has 84 valence electrons. The van der Waals surface area contributed by atoms with E-state index in [2.05, 4.69) is 20.7 Å². The molecule has 0 aliphatic carbocycles. The van der Waals surface area contributed by atoms with Crippen LogP contribution in [0.1, 0.15) is 37.4 Å². The molecular weight excluding hydrogens is 192 g/mol. The molecule has 2 atom stereocenters. The molecule has 1 aromatic rings. The molecular formula is C10H18N4O. The highest BCUT2D eigenvalue weighted by Crippen LogP contribution is 2.22. The second-order valence-corrected chi connectivity index (χ2v) is 3.95. The minimum atomic E-state index is 0.285. The largest absolute Gasteiger partial charge is 0.378 e. The fourth-order valence-corrected chi connectivity index (χ4v) is 2.04. The van der Waals surface area contributed by atoms with E-state index in [-0.39, 0.29) is 6.04 Å². The van der Waals surface area contributed by atoms with Gasteiger partial charge < -0.3 is 10.1 Å². The Hall–Kier alpha value is -0.940. The van der Waals surface area contributed by atoms with Crippen molar-refractivity contribution in [1.29, 1.82) is 0 Å². The van der Waals surface area contributed by atoms with Gasteiger partial charge in [0.1, 0.15) is 0 Å².